The molecule has 0 radical (unpaired) electrons. The van der Waals surface area contributed by atoms with Crippen molar-refractivity contribution in [3.63, 3.8) is 0 Å². The zero-order valence-corrected chi connectivity index (χ0v) is 15.0. The summed E-state index contributed by atoms with van der Waals surface area (Å²) in [4.78, 5) is 25.1. The van der Waals surface area contributed by atoms with Crippen LogP contribution in [0, 0.1) is 0 Å². The fourth-order valence-corrected chi connectivity index (χ4v) is 2.54. The van der Waals surface area contributed by atoms with Crippen molar-refractivity contribution in [2.24, 2.45) is 5.73 Å². The van der Waals surface area contributed by atoms with E-state index in [1.807, 2.05) is 18.2 Å². The number of ether oxygens (including phenoxy) is 1. The first-order valence-corrected chi connectivity index (χ1v) is 8.69. The zero-order valence-electron chi connectivity index (χ0n) is 15.0. The van der Waals surface area contributed by atoms with Crippen molar-refractivity contribution < 1.29 is 14.3 Å². The normalized spacial score (nSPS) is 10.2. The molecule has 0 aromatic heterocycles. The number of para-hydroxylation sites is 1. The fourth-order valence-electron chi connectivity index (χ4n) is 2.54. The van der Waals surface area contributed by atoms with Gasteiger partial charge in [0.2, 0.25) is 0 Å². The summed E-state index contributed by atoms with van der Waals surface area (Å²) in [6, 6.07) is 16.8. The van der Waals surface area contributed by atoms with E-state index in [9.17, 15) is 9.59 Å². The minimum Gasteiger partial charge on any atom is -0.484 e. The lowest BCUT2D eigenvalue weighted by atomic mass is 10.2. The first-order chi connectivity index (χ1) is 12.6. The van der Waals surface area contributed by atoms with Gasteiger partial charge in [0.05, 0.1) is 0 Å². The van der Waals surface area contributed by atoms with Crippen LogP contribution in [0.25, 0.3) is 0 Å². The number of anilines is 1. The van der Waals surface area contributed by atoms with E-state index in [2.05, 4.69) is 29.3 Å². The van der Waals surface area contributed by atoms with E-state index < -0.39 is 5.91 Å². The molecular weight excluding hydrogens is 330 g/mol. The number of nitrogens with two attached hydrogens (primary N) is 1. The van der Waals surface area contributed by atoms with Crippen LogP contribution in [0.1, 0.15) is 23.7 Å². The number of primary amides is 1. The predicted octanol–water partition coefficient (Wildman–Crippen LogP) is 2.20. The zero-order chi connectivity index (χ0) is 18.8. The van der Waals surface area contributed by atoms with Crippen molar-refractivity contribution in [1.29, 1.82) is 0 Å². The first kappa shape index (κ1) is 19.3. The Morgan fingerprint density at radius 1 is 1.08 bits per heavy atom. The summed E-state index contributed by atoms with van der Waals surface area (Å²) in [5.74, 6) is -0.167. The smallest absolute Gasteiger partial charge is 0.255 e. The molecule has 3 N–H and O–H groups in total. The monoisotopic (exact) mass is 355 g/mol. The largest absolute Gasteiger partial charge is 0.484 e. The number of carbonyl (C=O) groups excluding carboxylic acids is 2. The lowest BCUT2D eigenvalue weighted by molar-refractivity contribution is -0.119. The predicted molar refractivity (Wildman–Crippen MR) is 102 cm³/mol. The van der Waals surface area contributed by atoms with Gasteiger partial charge >= 0.3 is 0 Å². The van der Waals surface area contributed by atoms with Crippen molar-refractivity contribution in [3.05, 3.63) is 60.2 Å². The molecule has 6 heteroatoms. The molecule has 0 aliphatic rings. The summed E-state index contributed by atoms with van der Waals surface area (Å²) >= 11 is 0. The van der Waals surface area contributed by atoms with Crippen LogP contribution in [0.3, 0.4) is 0 Å². The number of amides is 2. The second-order valence-corrected chi connectivity index (χ2v) is 5.80. The van der Waals surface area contributed by atoms with Crippen LogP contribution >= 0.6 is 0 Å². The maximum absolute atomic E-state index is 12.2. The van der Waals surface area contributed by atoms with Crippen molar-refractivity contribution in [2.45, 2.75) is 13.3 Å². The molecule has 0 heterocycles. The van der Waals surface area contributed by atoms with Crippen LogP contribution in [0.5, 0.6) is 5.75 Å². The van der Waals surface area contributed by atoms with E-state index in [4.69, 9.17) is 10.5 Å². The summed E-state index contributed by atoms with van der Waals surface area (Å²) in [6.45, 7) is 4.34. The van der Waals surface area contributed by atoms with Gasteiger partial charge in [0.1, 0.15) is 5.75 Å². The standard InChI is InChI=1S/C20H25N3O3/c1-2-23(17-7-4-3-5-8-17)14-6-13-22-20(25)16-9-11-18(12-10-16)26-15-19(21)24/h3-5,7-12H,2,6,13-15H2,1H3,(H2,21,24)(H,22,25). The van der Waals surface area contributed by atoms with Crippen LogP contribution in [0.4, 0.5) is 5.69 Å². The van der Waals surface area contributed by atoms with E-state index in [1.54, 1.807) is 24.3 Å². The minimum absolute atomic E-state index is 0.130. The lowest BCUT2D eigenvalue weighted by Gasteiger charge is -2.23. The molecule has 0 aliphatic carbocycles. The third-order valence-electron chi connectivity index (χ3n) is 3.89. The van der Waals surface area contributed by atoms with Crippen LogP contribution in [-0.4, -0.2) is 38.1 Å². The SMILES string of the molecule is CCN(CCCNC(=O)c1ccc(OCC(N)=O)cc1)c1ccccc1. The molecule has 0 aliphatic heterocycles. The second-order valence-electron chi connectivity index (χ2n) is 5.80. The number of benzene rings is 2. The van der Waals surface area contributed by atoms with Crippen molar-refractivity contribution in [3.8, 4) is 5.75 Å². The number of nitrogens with one attached hydrogen (secondary N) is 1. The minimum atomic E-state index is -0.538. The lowest BCUT2D eigenvalue weighted by Crippen LogP contribution is -2.29. The van der Waals surface area contributed by atoms with Gasteiger partial charge in [-0.05, 0) is 49.7 Å². The molecule has 0 atom stereocenters. The van der Waals surface area contributed by atoms with Gasteiger partial charge in [-0.2, -0.15) is 0 Å². The van der Waals surface area contributed by atoms with Gasteiger partial charge in [0.15, 0.2) is 6.61 Å². The third-order valence-corrected chi connectivity index (χ3v) is 3.89. The Bertz CT molecular complexity index is 702. The molecule has 2 aromatic carbocycles. The molecule has 2 rings (SSSR count). The second kappa shape index (κ2) is 10.1. The third kappa shape index (κ3) is 6.12. The summed E-state index contributed by atoms with van der Waals surface area (Å²) in [7, 11) is 0. The molecule has 2 amide bonds. The van der Waals surface area contributed by atoms with E-state index in [0.29, 0.717) is 17.9 Å². The highest BCUT2D eigenvalue weighted by molar-refractivity contribution is 5.94. The number of rotatable bonds is 10. The summed E-state index contributed by atoms with van der Waals surface area (Å²) in [5.41, 5.74) is 6.76. The molecular formula is C20H25N3O3. The van der Waals surface area contributed by atoms with Gasteiger partial charge in [-0.25, -0.2) is 0 Å². The summed E-state index contributed by atoms with van der Waals surface area (Å²) in [5, 5.41) is 2.92. The molecule has 6 nitrogen and oxygen atoms in total. The van der Waals surface area contributed by atoms with Crippen molar-refractivity contribution in [2.75, 3.05) is 31.1 Å². The van der Waals surface area contributed by atoms with Crippen molar-refractivity contribution in [1.82, 2.24) is 5.32 Å². The van der Waals surface area contributed by atoms with Crippen LogP contribution in [0.15, 0.2) is 54.6 Å². The fraction of sp³-hybridized carbons (Fsp3) is 0.300. The molecule has 0 saturated heterocycles. The molecule has 26 heavy (non-hydrogen) atoms. The molecule has 0 spiro atoms. The average molecular weight is 355 g/mol. The van der Waals surface area contributed by atoms with Crippen LogP contribution in [0.2, 0.25) is 0 Å². The Kier molecular flexibility index (Phi) is 7.49. The van der Waals surface area contributed by atoms with Gasteiger partial charge in [-0.1, -0.05) is 18.2 Å². The van der Waals surface area contributed by atoms with Gasteiger partial charge < -0.3 is 20.7 Å². The van der Waals surface area contributed by atoms with E-state index in [-0.39, 0.29) is 12.5 Å². The topological polar surface area (TPSA) is 84.7 Å². The highest BCUT2D eigenvalue weighted by Gasteiger charge is 2.07. The van der Waals surface area contributed by atoms with E-state index in [0.717, 1.165) is 19.5 Å². The van der Waals surface area contributed by atoms with Crippen LogP contribution in [-0.2, 0) is 4.79 Å². The highest BCUT2D eigenvalue weighted by atomic mass is 16.5. The molecule has 0 fully saturated rings. The molecule has 0 unspecified atom stereocenters. The highest BCUT2D eigenvalue weighted by Crippen LogP contribution is 2.13. The Hall–Kier alpha value is -3.02. The number of nitrogens with zero attached hydrogens (tertiary/aromatic N) is 1. The summed E-state index contributed by atoms with van der Waals surface area (Å²) in [6.07, 6.45) is 0.855. The average Bonchev–Trinajstić information content (AvgIpc) is 2.67. The number of carbonyl (C=O) groups is 2. The van der Waals surface area contributed by atoms with E-state index in [1.165, 1.54) is 5.69 Å². The van der Waals surface area contributed by atoms with Crippen molar-refractivity contribution >= 4 is 17.5 Å². The number of hydrogen-bond donors (Lipinski definition) is 2. The Labute approximate surface area is 153 Å². The van der Waals surface area contributed by atoms with Gasteiger partial charge in [-0.3, -0.25) is 9.59 Å². The summed E-state index contributed by atoms with van der Waals surface area (Å²) < 4.78 is 5.17. The Balaban J connectivity index is 1.75. The van der Waals surface area contributed by atoms with Gasteiger partial charge in [0, 0.05) is 30.9 Å². The maximum Gasteiger partial charge on any atom is 0.255 e. The maximum atomic E-state index is 12.2. The molecule has 0 bridgehead atoms. The first-order valence-electron chi connectivity index (χ1n) is 8.69. The van der Waals surface area contributed by atoms with Gasteiger partial charge in [0.25, 0.3) is 11.8 Å². The Morgan fingerprint density at radius 3 is 2.38 bits per heavy atom. The van der Waals surface area contributed by atoms with Gasteiger partial charge in [-0.15, -0.1) is 0 Å². The Morgan fingerprint density at radius 2 is 1.77 bits per heavy atom. The molecule has 138 valence electrons. The molecule has 0 saturated carbocycles. The van der Waals surface area contributed by atoms with Crippen LogP contribution < -0.4 is 20.7 Å². The molecule has 2 aromatic rings. The number of hydrogen-bond acceptors (Lipinski definition) is 4. The van der Waals surface area contributed by atoms with E-state index >= 15 is 0 Å². The quantitative estimate of drug-likeness (QED) is 0.640.